The lowest BCUT2D eigenvalue weighted by Gasteiger charge is -2.27. The zero-order valence-corrected chi connectivity index (χ0v) is 8.73. The Morgan fingerprint density at radius 1 is 1.67 bits per heavy atom. The van der Waals surface area contributed by atoms with Gasteiger partial charge in [-0.1, -0.05) is 13.0 Å². The van der Waals surface area contributed by atoms with Crippen molar-refractivity contribution in [1.29, 1.82) is 0 Å². The molecular weight excluding hydrogens is 190 g/mol. The maximum absolute atomic E-state index is 11.3. The highest BCUT2D eigenvalue weighted by Crippen LogP contribution is 2.33. The van der Waals surface area contributed by atoms with Crippen molar-refractivity contribution in [3.05, 3.63) is 30.1 Å². The number of amides is 1. The van der Waals surface area contributed by atoms with Crippen LogP contribution in [0.2, 0.25) is 0 Å². The molecule has 2 atom stereocenters. The van der Waals surface area contributed by atoms with Crippen LogP contribution in [0.25, 0.3) is 0 Å². The summed E-state index contributed by atoms with van der Waals surface area (Å²) in [6.07, 6.45) is 1.75. The van der Waals surface area contributed by atoms with Gasteiger partial charge >= 0.3 is 0 Å². The molecule has 0 radical (unpaired) electrons. The molecule has 0 saturated carbocycles. The molecule has 2 heterocycles. The van der Waals surface area contributed by atoms with Gasteiger partial charge in [0.1, 0.15) is 0 Å². The summed E-state index contributed by atoms with van der Waals surface area (Å²) in [7, 11) is 0. The minimum Gasteiger partial charge on any atom is -0.369 e. The molecule has 3 N–H and O–H groups in total. The van der Waals surface area contributed by atoms with Crippen LogP contribution in [0.3, 0.4) is 0 Å². The minimum atomic E-state index is -0.271. The number of pyridine rings is 1. The molecule has 1 aromatic rings. The third-order valence-corrected chi connectivity index (χ3v) is 3.20. The number of primary amides is 1. The van der Waals surface area contributed by atoms with Gasteiger partial charge in [-0.25, -0.2) is 0 Å². The fraction of sp³-hybridized carbons (Fsp3) is 0.455. The lowest BCUT2D eigenvalue weighted by Crippen LogP contribution is -2.40. The smallest absolute Gasteiger partial charge is 0.222 e. The third kappa shape index (κ3) is 1.61. The Labute approximate surface area is 88.9 Å². The Kier molecular flexibility index (Phi) is 2.44. The fourth-order valence-corrected chi connectivity index (χ4v) is 2.21. The molecule has 0 aromatic carbocycles. The number of nitrogens with two attached hydrogens (primary N) is 1. The average Bonchev–Trinajstić information content (AvgIpc) is 2.63. The Bertz CT molecular complexity index is 365. The van der Waals surface area contributed by atoms with Crippen molar-refractivity contribution in [1.82, 2.24) is 10.3 Å². The molecule has 1 amide bonds. The second-order valence-electron chi connectivity index (χ2n) is 4.22. The van der Waals surface area contributed by atoms with Gasteiger partial charge in [-0.05, 0) is 12.1 Å². The van der Waals surface area contributed by atoms with E-state index in [9.17, 15) is 4.79 Å². The van der Waals surface area contributed by atoms with Crippen LogP contribution in [0.5, 0.6) is 0 Å². The van der Waals surface area contributed by atoms with Crippen molar-refractivity contribution >= 4 is 5.91 Å². The Morgan fingerprint density at radius 3 is 3.07 bits per heavy atom. The van der Waals surface area contributed by atoms with Crippen molar-refractivity contribution in [2.45, 2.75) is 12.3 Å². The largest absolute Gasteiger partial charge is 0.369 e. The van der Waals surface area contributed by atoms with Crippen molar-refractivity contribution in [3.8, 4) is 0 Å². The van der Waals surface area contributed by atoms with Gasteiger partial charge < -0.3 is 11.1 Å². The van der Waals surface area contributed by atoms with Gasteiger partial charge in [0.15, 0.2) is 0 Å². The maximum Gasteiger partial charge on any atom is 0.222 e. The van der Waals surface area contributed by atoms with E-state index in [1.165, 1.54) is 0 Å². The predicted octanol–water partition coefficient (Wildman–Crippen LogP) is 0.0440. The molecule has 0 spiro atoms. The Morgan fingerprint density at radius 2 is 2.47 bits per heavy atom. The number of carbonyl (C=O) groups is 1. The molecule has 2 unspecified atom stereocenters. The first-order valence-electron chi connectivity index (χ1n) is 5.06. The Balaban J connectivity index is 2.37. The van der Waals surface area contributed by atoms with E-state index in [0.29, 0.717) is 6.54 Å². The molecule has 0 aliphatic carbocycles. The first-order chi connectivity index (χ1) is 7.14. The van der Waals surface area contributed by atoms with Gasteiger partial charge in [-0.2, -0.15) is 0 Å². The number of carbonyl (C=O) groups excluding carboxylic acids is 1. The highest BCUT2D eigenvalue weighted by Gasteiger charge is 2.44. The van der Waals surface area contributed by atoms with Crippen molar-refractivity contribution in [3.63, 3.8) is 0 Å². The molecule has 1 aliphatic heterocycles. The normalized spacial score (nSPS) is 30.3. The zero-order valence-electron chi connectivity index (χ0n) is 8.73. The second kappa shape index (κ2) is 3.62. The molecule has 1 fully saturated rings. The fourth-order valence-electron chi connectivity index (χ4n) is 2.21. The zero-order chi connectivity index (χ0) is 10.9. The maximum atomic E-state index is 11.3. The SMILES string of the molecule is CC1(c2ccccn2)CNCC1C(N)=O. The first-order valence-corrected chi connectivity index (χ1v) is 5.06. The van der Waals surface area contributed by atoms with E-state index in [2.05, 4.69) is 10.3 Å². The van der Waals surface area contributed by atoms with E-state index in [-0.39, 0.29) is 17.2 Å². The standard InChI is InChI=1S/C11H15N3O/c1-11(9-4-2-3-5-14-9)7-13-6-8(11)10(12)15/h2-5,8,13H,6-7H2,1H3,(H2,12,15). The van der Waals surface area contributed by atoms with Crippen LogP contribution in [0, 0.1) is 5.92 Å². The molecule has 4 nitrogen and oxygen atoms in total. The summed E-state index contributed by atoms with van der Waals surface area (Å²) >= 11 is 0. The van der Waals surface area contributed by atoms with Crippen LogP contribution in [0.15, 0.2) is 24.4 Å². The molecule has 4 heteroatoms. The topological polar surface area (TPSA) is 68.0 Å². The van der Waals surface area contributed by atoms with E-state index in [1.54, 1.807) is 6.20 Å². The van der Waals surface area contributed by atoms with Crippen LogP contribution in [0.1, 0.15) is 12.6 Å². The van der Waals surface area contributed by atoms with E-state index >= 15 is 0 Å². The molecule has 1 saturated heterocycles. The summed E-state index contributed by atoms with van der Waals surface area (Å²) < 4.78 is 0. The van der Waals surface area contributed by atoms with Crippen molar-refractivity contribution in [2.24, 2.45) is 11.7 Å². The summed E-state index contributed by atoms with van der Waals surface area (Å²) in [4.78, 5) is 15.7. The van der Waals surface area contributed by atoms with Crippen LogP contribution in [-0.4, -0.2) is 24.0 Å². The van der Waals surface area contributed by atoms with Gasteiger partial charge in [0.2, 0.25) is 5.91 Å². The number of nitrogens with zero attached hydrogens (tertiary/aromatic N) is 1. The molecule has 15 heavy (non-hydrogen) atoms. The predicted molar refractivity (Wildman–Crippen MR) is 57.1 cm³/mol. The molecule has 1 aliphatic rings. The number of hydrogen-bond acceptors (Lipinski definition) is 3. The lowest BCUT2D eigenvalue weighted by molar-refractivity contribution is -0.122. The van der Waals surface area contributed by atoms with E-state index in [0.717, 1.165) is 12.2 Å². The summed E-state index contributed by atoms with van der Waals surface area (Å²) in [5.74, 6) is -0.430. The number of hydrogen-bond donors (Lipinski definition) is 2. The van der Waals surface area contributed by atoms with Crippen molar-refractivity contribution < 1.29 is 4.79 Å². The monoisotopic (exact) mass is 205 g/mol. The molecular formula is C11H15N3O. The van der Waals surface area contributed by atoms with Gasteiger partial charge in [-0.15, -0.1) is 0 Å². The summed E-state index contributed by atoms with van der Waals surface area (Å²) in [6, 6.07) is 5.75. The highest BCUT2D eigenvalue weighted by atomic mass is 16.1. The van der Waals surface area contributed by atoms with E-state index in [1.807, 2.05) is 25.1 Å². The number of aromatic nitrogens is 1. The number of nitrogens with one attached hydrogen (secondary N) is 1. The minimum absolute atomic E-state index is 0.174. The molecule has 1 aromatic heterocycles. The van der Waals surface area contributed by atoms with Crippen LogP contribution in [0.4, 0.5) is 0 Å². The Hall–Kier alpha value is -1.42. The average molecular weight is 205 g/mol. The third-order valence-electron chi connectivity index (χ3n) is 3.20. The molecule has 80 valence electrons. The van der Waals surface area contributed by atoms with Crippen LogP contribution in [-0.2, 0) is 10.2 Å². The van der Waals surface area contributed by atoms with E-state index < -0.39 is 0 Å². The summed E-state index contributed by atoms with van der Waals surface area (Å²) in [5.41, 5.74) is 6.06. The highest BCUT2D eigenvalue weighted by molar-refractivity contribution is 5.79. The molecule has 2 rings (SSSR count). The van der Waals surface area contributed by atoms with Crippen molar-refractivity contribution in [2.75, 3.05) is 13.1 Å². The van der Waals surface area contributed by atoms with Gasteiger partial charge in [0, 0.05) is 30.4 Å². The lowest BCUT2D eigenvalue weighted by atomic mass is 9.76. The van der Waals surface area contributed by atoms with Gasteiger partial charge in [0.05, 0.1) is 5.92 Å². The van der Waals surface area contributed by atoms with Crippen LogP contribution >= 0.6 is 0 Å². The van der Waals surface area contributed by atoms with Crippen LogP contribution < -0.4 is 11.1 Å². The quantitative estimate of drug-likeness (QED) is 0.716. The molecule has 0 bridgehead atoms. The van der Waals surface area contributed by atoms with E-state index in [4.69, 9.17) is 5.73 Å². The second-order valence-corrected chi connectivity index (χ2v) is 4.22. The number of rotatable bonds is 2. The first kappa shape index (κ1) is 10.1. The van der Waals surface area contributed by atoms with Gasteiger partial charge in [0.25, 0.3) is 0 Å². The summed E-state index contributed by atoms with van der Waals surface area (Å²) in [5, 5.41) is 3.20. The summed E-state index contributed by atoms with van der Waals surface area (Å²) in [6.45, 7) is 3.42. The van der Waals surface area contributed by atoms with Gasteiger partial charge in [-0.3, -0.25) is 9.78 Å².